The van der Waals surface area contributed by atoms with E-state index in [2.05, 4.69) is 15.5 Å². The van der Waals surface area contributed by atoms with Crippen LogP contribution in [0.3, 0.4) is 0 Å². The zero-order valence-electron chi connectivity index (χ0n) is 17.7. The first-order valence-corrected chi connectivity index (χ1v) is 12.2. The van der Waals surface area contributed by atoms with Gasteiger partial charge in [0.1, 0.15) is 0 Å². The normalized spacial score (nSPS) is 11.9. The van der Waals surface area contributed by atoms with Crippen LogP contribution in [0, 0.1) is 6.92 Å². The number of hydrogen-bond donors (Lipinski definition) is 2. The second kappa shape index (κ2) is 10.5. The van der Waals surface area contributed by atoms with Gasteiger partial charge in [-0.05, 0) is 35.9 Å². The lowest BCUT2D eigenvalue weighted by atomic mass is 10.0. The summed E-state index contributed by atoms with van der Waals surface area (Å²) in [6, 6.07) is 22.0. The van der Waals surface area contributed by atoms with E-state index in [0.29, 0.717) is 18.1 Å². The molecule has 2 heterocycles. The molecule has 32 heavy (non-hydrogen) atoms. The third kappa shape index (κ3) is 5.57. The van der Waals surface area contributed by atoms with Gasteiger partial charge in [-0.3, -0.25) is 9.36 Å². The lowest BCUT2D eigenvalue weighted by molar-refractivity contribution is -0.119. The SMILES string of the molecule is Cc1ccc(C(NC(=O)CSc2n[nH]c(=O)n2CCc2ccccc2)c2cccs2)cc1. The van der Waals surface area contributed by atoms with E-state index in [-0.39, 0.29) is 23.4 Å². The summed E-state index contributed by atoms with van der Waals surface area (Å²) in [7, 11) is 0. The molecule has 0 aliphatic carbocycles. The van der Waals surface area contributed by atoms with Crippen molar-refractivity contribution >= 4 is 29.0 Å². The molecule has 0 saturated heterocycles. The number of hydrogen-bond acceptors (Lipinski definition) is 5. The zero-order chi connectivity index (χ0) is 22.3. The molecule has 0 aliphatic heterocycles. The number of nitrogens with one attached hydrogen (secondary N) is 2. The van der Waals surface area contributed by atoms with Crippen LogP contribution in [0.15, 0.2) is 82.1 Å². The number of nitrogens with zero attached hydrogens (tertiary/aromatic N) is 2. The molecule has 6 nitrogen and oxygen atoms in total. The van der Waals surface area contributed by atoms with Crippen LogP contribution in [0.2, 0.25) is 0 Å². The number of aromatic nitrogens is 3. The minimum absolute atomic E-state index is 0.112. The maximum Gasteiger partial charge on any atom is 0.343 e. The van der Waals surface area contributed by atoms with Gasteiger partial charge in [-0.1, -0.05) is 78.0 Å². The van der Waals surface area contributed by atoms with Crippen molar-refractivity contribution in [2.75, 3.05) is 5.75 Å². The van der Waals surface area contributed by atoms with Crippen molar-refractivity contribution in [3.8, 4) is 0 Å². The average Bonchev–Trinajstić information content (AvgIpc) is 3.46. The minimum atomic E-state index is -0.264. The molecule has 0 fully saturated rings. The summed E-state index contributed by atoms with van der Waals surface area (Å²) in [4.78, 5) is 26.1. The molecule has 8 heteroatoms. The standard InChI is InChI=1S/C24H24N4O2S2/c1-17-9-11-19(12-10-17)22(20-8-5-15-31-20)25-21(29)16-32-24-27-26-23(30)28(24)14-13-18-6-3-2-4-7-18/h2-12,15,22H,13-14,16H2,1H3,(H,25,29)(H,26,30). The number of benzene rings is 2. The first kappa shape index (κ1) is 22.1. The van der Waals surface area contributed by atoms with Crippen LogP contribution in [0.5, 0.6) is 0 Å². The van der Waals surface area contributed by atoms with Crippen molar-refractivity contribution in [2.24, 2.45) is 0 Å². The van der Waals surface area contributed by atoms with Crippen molar-refractivity contribution in [1.82, 2.24) is 20.1 Å². The lowest BCUT2D eigenvalue weighted by Crippen LogP contribution is -2.30. The Bertz CT molecular complexity index is 1200. The van der Waals surface area contributed by atoms with E-state index in [0.717, 1.165) is 16.0 Å². The number of thioether (sulfide) groups is 1. The van der Waals surface area contributed by atoms with E-state index >= 15 is 0 Å². The van der Waals surface area contributed by atoms with Gasteiger partial charge in [0.15, 0.2) is 5.16 Å². The number of carbonyl (C=O) groups excluding carboxylic acids is 1. The van der Waals surface area contributed by atoms with E-state index in [4.69, 9.17) is 0 Å². The van der Waals surface area contributed by atoms with E-state index in [1.165, 1.54) is 17.3 Å². The van der Waals surface area contributed by atoms with Gasteiger partial charge in [0.25, 0.3) is 0 Å². The van der Waals surface area contributed by atoms with Gasteiger partial charge >= 0.3 is 5.69 Å². The van der Waals surface area contributed by atoms with Crippen LogP contribution in [-0.4, -0.2) is 26.4 Å². The van der Waals surface area contributed by atoms with Crippen molar-refractivity contribution in [3.05, 3.63) is 104 Å². The Balaban J connectivity index is 1.41. The van der Waals surface area contributed by atoms with Crippen molar-refractivity contribution < 1.29 is 4.79 Å². The van der Waals surface area contributed by atoms with Crippen LogP contribution in [-0.2, 0) is 17.8 Å². The van der Waals surface area contributed by atoms with E-state index in [1.54, 1.807) is 15.9 Å². The van der Waals surface area contributed by atoms with E-state index < -0.39 is 0 Å². The highest BCUT2D eigenvalue weighted by Gasteiger charge is 2.19. The Kier molecular flexibility index (Phi) is 7.24. The Morgan fingerprint density at radius 2 is 1.91 bits per heavy atom. The lowest BCUT2D eigenvalue weighted by Gasteiger charge is -2.18. The summed E-state index contributed by atoms with van der Waals surface area (Å²) in [5.74, 6) is 0.0580. The predicted molar refractivity (Wildman–Crippen MR) is 129 cm³/mol. The van der Waals surface area contributed by atoms with Crippen LogP contribution in [0.25, 0.3) is 0 Å². The molecule has 2 aromatic heterocycles. The van der Waals surface area contributed by atoms with Gasteiger partial charge in [0, 0.05) is 11.4 Å². The summed E-state index contributed by atoms with van der Waals surface area (Å²) in [5, 5.41) is 12.3. The van der Waals surface area contributed by atoms with E-state index in [1.807, 2.05) is 79.0 Å². The Labute approximate surface area is 194 Å². The molecule has 4 aromatic rings. The number of aromatic amines is 1. The first-order valence-electron chi connectivity index (χ1n) is 10.3. The molecular weight excluding hydrogens is 440 g/mol. The van der Waals surface area contributed by atoms with Gasteiger partial charge in [-0.15, -0.1) is 16.4 Å². The maximum atomic E-state index is 12.8. The van der Waals surface area contributed by atoms with Crippen LogP contribution < -0.4 is 11.0 Å². The molecule has 1 atom stereocenters. The molecule has 1 unspecified atom stereocenters. The summed E-state index contributed by atoms with van der Waals surface area (Å²) in [6.45, 7) is 2.55. The zero-order valence-corrected chi connectivity index (χ0v) is 19.3. The minimum Gasteiger partial charge on any atom is -0.344 e. The maximum absolute atomic E-state index is 12.8. The number of aryl methyl sites for hydroxylation is 2. The molecular formula is C24H24N4O2S2. The van der Waals surface area contributed by atoms with Crippen molar-refractivity contribution in [2.45, 2.75) is 31.1 Å². The molecule has 1 amide bonds. The number of rotatable bonds is 9. The Morgan fingerprint density at radius 1 is 1.12 bits per heavy atom. The summed E-state index contributed by atoms with van der Waals surface area (Å²) >= 11 is 2.87. The highest BCUT2D eigenvalue weighted by Crippen LogP contribution is 2.26. The Hall–Kier alpha value is -3.10. The van der Waals surface area contributed by atoms with E-state index in [9.17, 15) is 9.59 Å². The topological polar surface area (TPSA) is 79.8 Å². The molecule has 2 N–H and O–H groups in total. The fourth-order valence-corrected chi connectivity index (χ4v) is 4.95. The highest BCUT2D eigenvalue weighted by atomic mass is 32.2. The van der Waals surface area contributed by atoms with Crippen LogP contribution in [0.4, 0.5) is 0 Å². The fourth-order valence-electron chi connectivity index (χ4n) is 3.36. The fraction of sp³-hybridized carbons (Fsp3) is 0.208. The van der Waals surface area contributed by atoms with Crippen LogP contribution in [0.1, 0.15) is 27.6 Å². The summed E-state index contributed by atoms with van der Waals surface area (Å²) < 4.78 is 1.58. The summed E-state index contributed by atoms with van der Waals surface area (Å²) in [5.41, 5.74) is 3.09. The molecule has 2 aromatic carbocycles. The monoisotopic (exact) mass is 464 g/mol. The smallest absolute Gasteiger partial charge is 0.343 e. The number of H-pyrrole nitrogens is 1. The quantitative estimate of drug-likeness (QED) is 0.364. The van der Waals surface area contributed by atoms with Gasteiger partial charge in [-0.2, -0.15) is 0 Å². The second-order valence-corrected chi connectivity index (χ2v) is 9.34. The van der Waals surface area contributed by atoms with Crippen molar-refractivity contribution in [1.29, 1.82) is 0 Å². The first-order chi connectivity index (χ1) is 15.6. The Morgan fingerprint density at radius 3 is 2.62 bits per heavy atom. The molecule has 0 spiro atoms. The molecule has 0 saturated carbocycles. The summed E-state index contributed by atoms with van der Waals surface area (Å²) in [6.07, 6.45) is 0.716. The van der Waals surface area contributed by atoms with Gasteiger partial charge in [0.05, 0.1) is 11.8 Å². The van der Waals surface area contributed by atoms with Crippen molar-refractivity contribution in [3.63, 3.8) is 0 Å². The third-order valence-electron chi connectivity index (χ3n) is 5.07. The third-order valence-corrected chi connectivity index (χ3v) is 6.98. The van der Waals surface area contributed by atoms with Gasteiger partial charge < -0.3 is 5.32 Å². The van der Waals surface area contributed by atoms with Crippen LogP contribution >= 0.6 is 23.1 Å². The largest absolute Gasteiger partial charge is 0.344 e. The molecule has 0 radical (unpaired) electrons. The van der Waals surface area contributed by atoms with Gasteiger partial charge in [-0.25, -0.2) is 9.89 Å². The average molecular weight is 465 g/mol. The van der Waals surface area contributed by atoms with Gasteiger partial charge in [0.2, 0.25) is 5.91 Å². The predicted octanol–water partition coefficient (Wildman–Crippen LogP) is 4.18. The molecule has 4 rings (SSSR count). The number of amides is 1. The second-order valence-electron chi connectivity index (χ2n) is 7.41. The number of carbonyl (C=O) groups is 1. The molecule has 164 valence electrons. The molecule has 0 aliphatic rings. The number of thiophene rings is 1. The molecule has 0 bridgehead atoms. The highest BCUT2D eigenvalue weighted by molar-refractivity contribution is 7.99.